The fraction of sp³-hybridized carbons (Fsp3) is 0.364. The van der Waals surface area contributed by atoms with Crippen LogP contribution in [0.5, 0.6) is 0 Å². The van der Waals surface area contributed by atoms with Crippen LogP contribution in [0.3, 0.4) is 0 Å². The average molecular weight is 272 g/mol. The Hall–Kier alpha value is -1.13. The Labute approximate surface area is 109 Å². The molecule has 6 heteroatoms. The highest BCUT2D eigenvalue weighted by Crippen LogP contribution is 2.63. The molecule has 1 aliphatic carbocycles. The number of nitrogens with one attached hydrogen (secondary N) is 1. The molecule has 0 aliphatic heterocycles. The van der Waals surface area contributed by atoms with Crippen LogP contribution in [0.1, 0.15) is 18.9 Å². The van der Waals surface area contributed by atoms with Gasteiger partial charge in [-0.15, -0.1) is 23.2 Å². The quantitative estimate of drug-likeness (QED) is 0.520. The fourth-order valence-corrected chi connectivity index (χ4v) is 2.09. The number of hydrogen-bond acceptors (Lipinski definition) is 3. The summed E-state index contributed by atoms with van der Waals surface area (Å²) >= 11 is 11.8. The van der Waals surface area contributed by atoms with Gasteiger partial charge in [-0.2, -0.15) is 5.10 Å². The van der Waals surface area contributed by atoms with Gasteiger partial charge in [0.2, 0.25) is 5.91 Å². The standard InChI is InChI=1S/C11H11Cl2N3O/c1-10(7-11(10,12)13)9(17)16-15-6-8-3-2-4-14-5-8/h2-6H,7H2,1H3,(H,16,17). The first-order chi connectivity index (χ1) is 7.96. The van der Waals surface area contributed by atoms with E-state index in [-0.39, 0.29) is 5.91 Å². The Morgan fingerprint density at radius 2 is 2.35 bits per heavy atom. The second-order valence-corrected chi connectivity index (χ2v) is 5.68. The van der Waals surface area contributed by atoms with Gasteiger partial charge in [-0.1, -0.05) is 6.07 Å². The summed E-state index contributed by atoms with van der Waals surface area (Å²) in [6, 6.07) is 3.61. The monoisotopic (exact) mass is 271 g/mol. The number of hydrogen-bond donors (Lipinski definition) is 1. The van der Waals surface area contributed by atoms with E-state index < -0.39 is 9.75 Å². The Kier molecular flexibility index (Phi) is 3.10. The molecule has 0 bridgehead atoms. The van der Waals surface area contributed by atoms with Gasteiger partial charge in [-0.05, 0) is 19.4 Å². The molecule has 1 aliphatic rings. The number of aromatic nitrogens is 1. The molecule has 1 aromatic heterocycles. The van der Waals surface area contributed by atoms with Crippen molar-refractivity contribution in [1.82, 2.24) is 10.4 Å². The maximum absolute atomic E-state index is 11.7. The average Bonchev–Trinajstić information content (AvgIpc) is 2.81. The first-order valence-corrected chi connectivity index (χ1v) is 5.83. The van der Waals surface area contributed by atoms with Crippen LogP contribution in [0, 0.1) is 5.41 Å². The third-order valence-corrected chi connectivity index (χ3v) is 3.92. The van der Waals surface area contributed by atoms with E-state index in [1.54, 1.807) is 25.4 Å². The zero-order valence-corrected chi connectivity index (χ0v) is 10.7. The molecule has 90 valence electrons. The predicted molar refractivity (Wildman–Crippen MR) is 67.1 cm³/mol. The van der Waals surface area contributed by atoms with Gasteiger partial charge in [0.05, 0.1) is 11.6 Å². The number of carbonyl (C=O) groups is 1. The van der Waals surface area contributed by atoms with Gasteiger partial charge in [0, 0.05) is 18.0 Å². The third kappa shape index (κ3) is 2.42. The molecule has 1 unspecified atom stereocenters. The molecule has 0 saturated heterocycles. The predicted octanol–water partition coefficient (Wildman–Crippen LogP) is 2.12. The minimum Gasteiger partial charge on any atom is -0.272 e. The minimum atomic E-state index is -0.971. The molecule has 1 fully saturated rings. The molecule has 1 saturated carbocycles. The molecular formula is C11H11Cl2N3O. The molecule has 4 nitrogen and oxygen atoms in total. The molecule has 1 aromatic rings. The molecule has 1 N–H and O–H groups in total. The summed E-state index contributed by atoms with van der Waals surface area (Å²) in [5, 5.41) is 3.83. The highest BCUT2D eigenvalue weighted by Gasteiger charge is 2.68. The van der Waals surface area contributed by atoms with Crippen molar-refractivity contribution < 1.29 is 4.79 Å². The Morgan fingerprint density at radius 3 is 2.88 bits per heavy atom. The van der Waals surface area contributed by atoms with E-state index in [1.807, 2.05) is 6.07 Å². The molecule has 0 spiro atoms. The highest BCUT2D eigenvalue weighted by molar-refractivity contribution is 6.53. The van der Waals surface area contributed by atoms with Crippen molar-refractivity contribution in [3.05, 3.63) is 30.1 Å². The van der Waals surface area contributed by atoms with E-state index in [4.69, 9.17) is 23.2 Å². The summed E-state index contributed by atoms with van der Waals surface area (Å²) in [6.45, 7) is 1.71. The van der Waals surface area contributed by atoms with Crippen LogP contribution in [-0.4, -0.2) is 21.4 Å². The molecule has 0 radical (unpaired) electrons. The lowest BCUT2D eigenvalue weighted by atomic mass is 10.1. The maximum Gasteiger partial charge on any atom is 0.249 e. The van der Waals surface area contributed by atoms with E-state index in [0.717, 1.165) is 5.56 Å². The summed E-state index contributed by atoms with van der Waals surface area (Å²) in [4.78, 5) is 15.6. The van der Waals surface area contributed by atoms with E-state index in [2.05, 4.69) is 15.5 Å². The van der Waals surface area contributed by atoms with Gasteiger partial charge >= 0.3 is 0 Å². The minimum absolute atomic E-state index is 0.275. The van der Waals surface area contributed by atoms with Gasteiger partial charge in [0.1, 0.15) is 4.33 Å². The number of rotatable bonds is 3. The Balaban J connectivity index is 1.92. The summed E-state index contributed by atoms with van der Waals surface area (Å²) in [5.41, 5.74) is 2.48. The summed E-state index contributed by atoms with van der Waals surface area (Å²) < 4.78 is -0.971. The van der Waals surface area contributed by atoms with E-state index >= 15 is 0 Å². The number of nitrogens with zero attached hydrogens (tertiary/aromatic N) is 2. The second-order valence-electron chi connectivity index (χ2n) is 4.20. The molecule has 0 aromatic carbocycles. The second kappa shape index (κ2) is 4.27. The van der Waals surface area contributed by atoms with Crippen LogP contribution >= 0.6 is 23.2 Å². The van der Waals surface area contributed by atoms with Crippen molar-refractivity contribution in [2.24, 2.45) is 10.5 Å². The molecule has 1 amide bonds. The van der Waals surface area contributed by atoms with E-state index in [0.29, 0.717) is 6.42 Å². The number of amides is 1. The van der Waals surface area contributed by atoms with Gasteiger partial charge in [-0.3, -0.25) is 9.78 Å². The normalized spacial score (nSPS) is 25.8. The van der Waals surface area contributed by atoms with Crippen molar-refractivity contribution in [2.75, 3.05) is 0 Å². The van der Waals surface area contributed by atoms with Crippen LogP contribution in [0.4, 0.5) is 0 Å². The summed E-state index contributed by atoms with van der Waals surface area (Å²) in [7, 11) is 0. The number of halogens is 2. The molecular weight excluding hydrogens is 261 g/mol. The molecule has 1 atom stereocenters. The molecule has 1 heterocycles. The van der Waals surface area contributed by atoms with Gasteiger partial charge < -0.3 is 0 Å². The van der Waals surface area contributed by atoms with Crippen molar-refractivity contribution >= 4 is 35.3 Å². The van der Waals surface area contributed by atoms with Crippen molar-refractivity contribution in [2.45, 2.75) is 17.7 Å². The van der Waals surface area contributed by atoms with Gasteiger partial charge in [0.25, 0.3) is 0 Å². The van der Waals surface area contributed by atoms with Crippen LogP contribution in [0.2, 0.25) is 0 Å². The number of hydrazone groups is 1. The lowest BCUT2D eigenvalue weighted by molar-refractivity contribution is -0.125. The van der Waals surface area contributed by atoms with Crippen molar-refractivity contribution in [3.8, 4) is 0 Å². The number of pyridine rings is 1. The largest absolute Gasteiger partial charge is 0.272 e. The number of alkyl halides is 2. The molecule has 2 rings (SSSR count). The SMILES string of the molecule is CC1(C(=O)NN=Cc2cccnc2)CC1(Cl)Cl. The zero-order valence-electron chi connectivity index (χ0n) is 9.15. The lowest BCUT2D eigenvalue weighted by Crippen LogP contribution is -2.29. The van der Waals surface area contributed by atoms with Gasteiger partial charge in [0.15, 0.2) is 0 Å². The fourth-order valence-electron chi connectivity index (χ4n) is 1.39. The Morgan fingerprint density at radius 1 is 1.65 bits per heavy atom. The molecule has 17 heavy (non-hydrogen) atoms. The first-order valence-electron chi connectivity index (χ1n) is 5.07. The smallest absolute Gasteiger partial charge is 0.249 e. The van der Waals surface area contributed by atoms with Crippen molar-refractivity contribution in [1.29, 1.82) is 0 Å². The summed E-state index contributed by atoms with van der Waals surface area (Å²) in [5.74, 6) is -0.275. The Bertz CT molecular complexity index is 461. The van der Waals surface area contributed by atoms with Crippen molar-refractivity contribution in [3.63, 3.8) is 0 Å². The number of carbonyl (C=O) groups excluding carboxylic acids is 1. The first kappa shape index (κ1) is 12.3. The van der Waals surface area contributed by atoms with Crippen LogP contribution in [0.25, 0.3) is 0 Å². The lowest BCUT2D eigenvalue weighted by Gasteiger charge is -2.08. The van der Waals surface area contributed by atoms with Crippen LogP contribution in [0.15, 0.2) is 29.6 Å². The third-order valence-electron chi connectivity index (χ3n) is 2.82. The topological polar surface area (TPSA) is 54.4 Å². The van der Waals surface area contributed by atoms with Crippen LogP contribution < -0.4 is 5.43 Å². The zero-order chi connectivity index (χ0) is 12.5. The van der Waals surface area contributed by atoms with E-state index in [1.165, 1.54) is 6.21 Å². The highest BCUT2D eigenvalue weighted by atomic mass is 35.5. The maximum atomic E-state index is 11.7. The van der Waals surface area contributed by atoms with Gasteiger partial charge in [-0.25, -0.2) is 5.43 Å². The van der Waals surface area contributed by atoms with Crippen LogP contribution in [-0.2, 0) is 4.79 Å². The van der Waals surface area contributed by atoms with E-state index in [9.17, 15) is 4.79 Å². The summed E-state index contributed by atoms with van der Waals surface area (Å²) in [6.07, 6.45) is 5.26.